The Morgan fingerprint density at radius 1 is 0.857 bits per heavy atom. The first-order chi connectivity index (χ1) is 10.3. The van der Waals surface area contributed by atoms with Crippen LogP contribution in [0.15, 0.2) is 77.7 Å². The van der Waals surface area contributed by atoms with Gasteiger partial charge >= 0.3 is 0 Å². The lowest BCUT2D eigenvalue weighted by atomic mass is 10.1. The summed E-state index contributed by atoms with van der Waals surface area (Å²) in [6.07, 6.45) is 0. The first-order valence-electron chi connectivity index (χ1n) is 7.26. The molecule has 0 radical (unpaired) electrons. The lowest BCUT2D eigenvalue weighted by Gasteiger charge is -2.13. The number of hydrogen-bond acceptors (Lipinski definition) is 2. The second-order valence-electron chi connectivity index (χ2n) is 5.18. The van der Waals surface area contributed by atoms with Gasteiger partial charge in [0.2, 0.25) is 0 Å². The summed E-state index contributed by atoms with van der Waals surface area (Å²) in [6.45, 7) is 3.22. The molecule has 0 spiro atoms. The molecule has 3 aromatic carbocycles. The van der Waals surface area contributed by atoms with E-state index in [0.717, 1.165) is 6.54 Å². The van der Waals surface area contributed by atoms with Gasteiger partial charge < -0.3 is 5.32 Å². The van der Waals surface area contributed by atoms with Gasteiger partial charge in [0.05, 0.1) is 0 Å². The van der Waals surface area contributed by atoms with Gasteiger partial charge in [-0.25, -0.2) is 0 Å². The number of fused-ring (bicyclic) bond motifs is 1. The van der Waals surface area contributed by atoms with E-state index in [1.807, 2.05) is 17.8 Å². The molecule has 0 aliphatic heterocycles. The van der Waals surface area contributed by atoms with Crippen LogP contribution in [0.5, 0.6) is 0 Å². The molecular weight excluding hydrogens is 274 g/mol. The van der Waals surface area contributed by atoms with Gasteiger partial charge in [-0.15, -0.1) is 11.8 Å². The van der Waals surface area contributed by atoms with Gasteiger partial charge in [0, 0.05) is 22.4 Å². The highest BCUT2D eigenvalue weighted by atomic mass is 32.2. The molecular formula is C19H19NS. The van der Waals surface area contributed by atoms with E-state index >= 15 is 0 Å². The largest absolute Gasteiger partial charge is 0.384 e. The van der Waals surface area contributed by atoms with Gasteiger partial charge in [0.1, 0.15) is 0 Å². The van der Waals surface area contributed by atoms with Gasteiger partial charge in [-0.1, -0.05) is 55.5 Å². The summed E-state index contributed by atoms with van der Waals surface area (Å²) in [4.78, 5) is 1.33. The van der Waals surface area contributed by atoms with Crippen molar-refractivity contribution < 1.29 is 0 Å². The number of hydrogen-bond donors (Lipinski definition) is 1. The van der Waals surface area contributed by atoms with Crippen molar-refractivity contribution in [1.82, 2.24) is 0 Å². The van der Waals surface area contributed by atoms with Gasteiger partial charge in [0.25, 0.3) is 0 Å². The summed E-state index contributed by atoms with van der Waals surface area (Å²) in [7, 11) is 0. The Hall–Kier alpha value is -1.93. The summed E-state index contributed by atoms with van der Waals surface area (Å²) in [5.41, 5.74) is 1.18. The summed E-state index contributed by atoms with van der Waals surface area (Å²) < 4.78 is 0. The monoisotopic (exact) mass is 293 g/mol. The second-order valence-corrected chi connectivity index (χ2v) is 6.70. The van der Waals surface area contributed by atoms with E-state index in [9.17, 15) is 0 Å². The molecule has 0 bridgehead atoms. The van der Waals surface area contributed by atoms with Crippen LogP contribution >= 0.6 is 11.8 Å². The van der Waals surface area contributed by atoms with E-state index in [0.29, 0.717) is 5.25 Å². The minimum absolute atomic E-state index is 0.520. The van der Waals surface area contributed by atoms with Crippen molar-refractivity contribution in [2.24, 2.45) is 0 Å². The maximum Gasteiger partial charge on any atom is 0.0340 e. The van der Waals surface area contributed by atoms with Crippen molar-refractivity contribution in [3.8, 4) is 0 Å². The average Bonchev–Trinajstić information content (AvgIpc) is 2.54. The Labute approximate surface area is 130 Å². The molecule has 1 unspecified atom stereocenters. The zero-order valence-corrected chi connectivity index (χ0v) is 12.9. The van der Waals surface area contributed by atoms with E-state index in [1.54, 1.807) is 0 Å². The number of nitrogens with one attached hydrogen (secondary N) is 1. The molecule has 0 saturated heterocycles. The topological polar surface area (TPSA) is 12.0 Å². The average molecular weight is 293 g/mol. The van der Waals surface area contributed by atoms with E-state index in [2.05, 4.69) is 79.0 Å². The minimum Gasteiger partial charge on any atom is -0.384 e. The molecule has 0 aliphatic carbocycles. The Kier molecular flexibility index (Phi) is 4.46. The Bertz CT molecular complexity index is 709. The zero-order chi connectivity index (χ0) is 14.5. The SMILES string of the molecule is CC(CNc1ccccc1)Sc1ccc2ccccc2c1. The quantitative estimate of drug-likeness (QED) is 0.629. The molecule has 3 aromatic rings. The third kappa shape index (κ3) is 3.79. The van der Waals surface area contributed by atoms with Gasteiger partial charge in [-0.3, -0.25) is 0 Å². The van der Waals surface area contributed by atoms with Crippen LogP contribution in [0, 0.1) is 0 Å². The van der Waals surface area contributed by atoms with Crippen molar-refractivity contribution in [3.05, 3.63) is 72.8 Å². The van der Waals surface area contributed by atoms with Crippen LogP contribution in [0.3, 0.4) is 0 Å². The van der Waals surface area contributed by atoms with Crippen LogP contribution < -0.4 is 5.32 Å². The molecule has 106 valence electrons. The maximum atomic E-state index is 3.48. The van der Waals surface area contributed by atoms with Crippen LogP contribution in [-0.4, -0.2) is 11.8 Å². The van der Waals surface area contributed by atoms with Gasteiger partial charge in [-0.2, -0.15) is 0 Å². The Morgan fingerprint density at radius 2 is 1.57 bits per heavy atom. The van der Waals surface area contributed by atoms with E-state index in [4.69, 9.17) is 0 Å². The first-order valence-corrected chi connectivity index (χ1v) is 8.13. The second kappa shape index (κ2) is 6.68. The predicted molar refractivity (Wildman–Crippen MR) is 94.2 cm³/mol. The Balaban J connectivity index is 1.62. The molecule has 3 rings (SSSR count). The third-order valence-electron chi connectivity index (χ3n) is 3.43. The zero-order valence-electron chi connectivity index (χ0n) is 12.1. The molecule has 0 heterocycles. The molecule has 0 amide bonds. The van der Waals surface area contributed by atoms with Crippen LogP contribution in [0.25, 0.3) is 10.8 Å². The number of anilines is 1. The van der Waals surface area contributed by atoms with Crippen molar-refractivity contribution in [3.63, 3.8) is 0 Å². The number of para-hydroxylation sites is 1. The van der Waals surface area contributed by atoms with Gasteiger partial charge in [-0.05, 0) is 35.0 Å². The maximum absolute atomic E-state index is 3.48. The van der Waals surface area contributed by atoms with Crippen molar-refractivity contribution >= 4 is 28.2 Å². The van der Waals surface area contributed by atoms with Crippen molar-refractivity contribution in [2.75, 3.05) is 11.9 Å². The number of rotatable bonds is 5. The summed E-state index contributed by atoms with van der Waals surface area (Å²) >= 11 is 1.92. The normalized spacial score (nSPS) is 12.2. The number of thioether (sulfide) groups is 1. The Morgan fingerprint density at radius 3 is 2.38 bits per heavy atom. The van der Waals surface area contributed by atoms with E-state index < -0.39 is 0 Å². The van der Waals surface area contributed by atoms with Crippen LogP contribution in [0.2, 0.25) is 0 Å². The van der Waals surface area contributed by atoms with E-state index in [-0.39, 0.29) is 0 Å². The molecule has 1 N–H and O–H groups in total. The van der Waals surface area contributed by atoms with Crippen molar-refractivity contribution in [2.45, 2.75) is 17.1 Å². The smallest absolute Gasteiger partial charge is 0.0340 e. The summed E-state index contributed by atoms with van der Waals surface area (Å²) in [6, 6.07) is 25.6. The van der Waals surface area contributed by atoms with E-state index in [1.165, 1.54) is 21.4 Å². The fourth-order valence-corrected chi connectivity index (χ4v) is 3.31. The molecule has 0 aromatic heterocycles. The van der Waals surface area contributed by atoms with Gasteiger partial charge in [0.15, 0.2) is 0 Å². The fraction of sp³-hybridized carbons (Fsp3) is 0.158. The lowest BCUT2D eigenvalue weighted by Crippen LogP contribution is -2.12. The molecule has 0 fully saturated rings. The fourth-order valence-electron chi connectivity index (χ4n) is 2.33. The van der Waals surface area contributed by atoms with Crippen LogP contribution in [-0.2, 0) is 0 Å². The lowest BCUT2D eigenvalue weighted by molar-refractivity contribution is 0.999. The molecule has 21 heavy (non-hydrogen) atoms. The molecule has 0 saturated carbocycles. The summed E-state index contributed by atoms with van der Waals surface area (Å²) in [5.74, 6) is 0. The highest BCUT2D eigenvalue weighted by molar-refractivity contribution is 8.00. The van der Waals surface area contributed by atoms with Crippen molar-refractivity contribution in [1.29, 1.82) is 0 Å². The first kappa shape index (κ1) is 14.0. The highest BCUT2D eigenvalue weighted by Crippen LogP contribution is 2.27. The number of benzene rings is 3. The predicted octanol–water partition coefficient (Wildman–Crippen LogP) is 5.43. The molecule has 2 heteroatoms. The highest BCUT2D eigenvalue weighted by Gasteiger charge is 2.05. The van der Waals surface area contributed by atoms with Crippen LogP contribution in [0.1, 0.15) is 6.92 Å². The summed E-state index contributed by atoms with van der Waals surface area (Å²) in [5, 5.41) is 6.61. The molecule has 0 aliphatic rings. The minimum atomic E-state index is 0.520. The standard InChI is InChI=1S/C19H19NS/c1-15(14-20-18-9-3-2-4-10-18)21-19-12-11-16-7-5-6-8-17(16)13-19/h2-13,15,20H,14H2,1H3. The molecule has 1 atom stereocenters. The third-order valence-corrected chi connectivity index (χ3v) is 4.52. The van der Waals surface area contributed by atoms with Crippen LogP contribution in [0.4, 0.5) is 5.69 Å². The molecule has 1 nitrogen and oxygen atoms in total.